The monoisotopic (exact) mass is 413 g/mol. The van der Waals surface area contributed by atoms with Crippen LogP contribution in [-0.4, -0.2) is 74.6 Å². The van der Waals surface area contributed by atoms with Crippen LogP contribution in [0.2, 0.25) is 0 Å². The number of oxime groups is 1. The van der Waals surface area contributed by atoms with Gasteiger partial charge >= 0.3 is 5.97 Å². The van der Waals surface area contributed by atoms with Crippen molar-refractivity contribution in [3.63, 3.8) is 0 Å². The normalized spacial score (nSPS) is 22.3. The van der Waals surface area contributed by atoms with Gasteiger partial charge in [0.05, 0.1) is 6.61 Å². The predicted octanol–water partition coefficient (Wildman–Crippen LogP) is -0.711. The van der Waals surface area contributed by atoms with Crippen LogP contribution >= 0.6 is 23.1 Å². The standard InChI is InChI=1S/C14H15N5O6S2/c1-25-2-5-3-26-12-8(11(21)19(12)9(5)13(22)23)17-10(20)7(18-24)6-4-27-14(15)16-6/h4,8,12,24H,2-3H2,1H3,(H2,15,16)(H,17,20)(H,22,23)/t8?,12-/m0/s1. The van der Waals surface area contributed by atoms with Gasteiger partial charge in [-0.2, -0.15) is 0 Å². The van der Waals surface area contributed by atoms with Gasteiger partial charge in [0.15, 0.2) is 10.8 Å². The van der Waals surface area contributed by atoms with E-state index in [-0.39, 0.29) is 28.8 Å². The van der Waals surface area contributed by atoms with Crippen molar-refractivity contribution < 1.29 is 29.4 Å². The van der Waals surface area contributed by atoms with E-state index < -0.39 is 29.2 Å². The number of anilines is 1. The van der Waals surface area contributed by atoms with Crippen molar-refractivity contribution in [2.45, 2.75) is 11.4 Å². The number of β-lactam (4-membered cyclic amide) rings is 1. The SMILES string of the molecule is COCC1=C(C(=O)O)N2C(=O)C(NC(=O)C(=NO)c3csc(N)n3)[C@@H]2SC1. The Balaban J connectivity index is 1.77. The molecular weight excluding hydrogens is 398 g/mol. The molecule has 0 aliphatic carbocycles. The van der Waals surface area contributed by atoms with E-state index in [4.69, 9.17) is 15.7 Å². The zero-order valence-corrected chi connectivity index (χ0v) is 15.5. The fraction of sp³-hybridized carbons (Fsp3) is 0.357. The fourth-order valence-corrected chi connectivity index (χ4v) is 4.66. The number of carboxylic acids is 1. The Kier molecular flexibility index (Phi) is 5.34. The van der Waals surface area contributed by atoms with Crippen molar-refractivity contribution in [2.75, 3.05) is 25.2 Å². The van der Waals surface area contributed by atoms with E-state index in [2.05, 4.69) is 15.5 Å². The molecule has 0 aromatic carbocycles. The second-order valence-corrected chi connectivity index (χ2v) is 7.57. The molecular formula is C14H15N5O6S2. The van der Waals surface area contributed by atoms with Crippen LogP contribution in [0.3, 0.4) is 0 Å². The molecule has 1 saturated heterocycles. The maximum atomic E-state index is 12.5. The third kappa shape index (κ3) is 3.36. The van der Waals surface area contributed by atoms with Crippen molar-refractivity contribution in [3.05, 3.63) is 22.3 Å². The van der Waals surface area contributed by atoms with Crippen LogP contribution in [0.25, 0.3) is 0 Å². The number of carbonyl (C=O) groups excluding carboxylic acids is 2. The number of carbonyl (C=O) groups is 3. The average Bonchev–Trinajstić information content (AvgIpc) is 3.05. The van der Waals surface area contributed by atoms with E-state index in [0.29, 0.717) is 11.3 Å². The lowest BCUT2D eigenvalue weighted by molar-refractivity contribution is -0.150. The van der Waals surface area contributed by atoms with Crippen molar-refractivity contribution in [2.24, 2.45) is 5.16 Å². The number of aromatic nitrogens is 1. The van der Waals surface area contributed by atoms with Crippen molar-refractivity contribution in [1.82, 2.24) is 15.2 Å². The Morgan fingerprint density at radius 3 is 2.85 bits per heavy atom. The van der Waals surface area contributed by atoms with Crippen LogP contribution in [0, 0.1) is 0 Å². The molecule has 1 unspecified atom stereocenters. The smallest absolute Gasteiger partial charge is 0.352 e. The zero-order valence-electron chi connectivity index (χ0n) is 13.9. The van der Waals surface area contributed by atoms with Gasteiger partial charge in [0.25, 0.3) is 11.8 Å². The Morgan fingerprint density at radius 1 is 1.56 bits per heavy atom. The number of aliphatic carboxylic acids is 1. The summed E-state index contributed by atoms with van der Waals surface area (Å²) in [4.78, 5) is 41.4. The number of nitrogens with one attached hydrogen (secondary N) is 1. The summed E-state index contributed by atoms with van der Waals surface area (Å²) in [7, 11) is 1.44. The van der Waals surface area contributed by atoms with E-state index >= 15 is 0 Å². The van der Waals surface area contributed by atoms with Crippen molar-refractivity contribution in [3.8, 4) is 0 Å². The molecule has 11 nitrogen and oxygen atoms in total. The molecule has 5 N–H and O–H groups in total. The van der Waals surface area contributed by atoms with E-state index in [1.807, 2.05) is 0 Å². The van der Waals surface area contributed by atoms with Gasteiger partial charge in [-0.15, -0.1) is 23.1 Å². The topological polar surface area (TPSA) is 167 Å². The van der Waals surface area contributed by atoms with Crippen LogP contribution in [0.1, 0.15) is 5.69 Å². The summed E-state index contributed by atoms with van der Waals surface area (Å²) < 4.78 is 4.99. The first-order valence-corrected chi connectivity index (χ1v) is 9.45. The predicted molar refractivity (Wildman–Crippen MR) is 96.4 cm³/mol. The Morgan fingerprint density at radius 2 is 2.30 bits per heavy atom. The summed E-state index contributed by atoms with van der Waals surface area (Å²) in [5.41, 5.74) is 5.55. The van der Waals surface area contributed by atoms with E-state index in [1.54, 1.807) is 0 Å². The molecule has 13 heteroatoms. The third-order valence-corrected chi connectivity index (χ3v) is 5.95. The molecule has 1 aromatic rings. The minimum absolute atomic E-state index is 0.0749. The van der Waals surface area contributed by atoms with Gasteiger partial charge < -0.3 is 26.1 Å². The van der Waals surface area contributed by atoms with Gasteiger partial charge in [-0.05, 0) is 5.57 Å². The summed E-state index contributed by atoms with van der Waals surface area (Å²) in [6, 6.07) is -0.950. The van der Waals surface area contributed by atoms with E-state index in [0.717, 1.165) is 16.2 Å². The highest BCUT2D eigenvalue weighted by molar-refractivity contribution is 8.00. The number of ether oxygens (including phenoxy) is 1. The molecule has 2 aliphatic rings. The Hall–Kier alpha value is -2.64. The van der Waals surface area contributed by atoms with Gasteiger partial charge in [0, 0.05) is 18.2 Å². The maximum Gasteiger partial charge on any atom is 0.352 e. The van der Waals surface area contributed by atoms with Crippen LogP contribution < -0.4 is 11.1 Å². The number of hydrogen-bond donors (Lipinski definition) is 4. The number of rotatable bonds is 6. The zero-order chi connectivity index (χ0) is 19.7. The summed E-state index contributed by atoms with van der Waals surface area (Å²) in [5, 5.41) is 25.0. The van der Waals surface area contributed by atoms with Crippen LogP contribution in [0.5, 0.6) is 0 Å². The third-order valence-electron chi connectivity index (χ3n) is 3.93. The summed E-state index contributed by atoms with van der Waals surface area (Å²) in [6.07, 6.45) is 0. The highest BCUT2D eigenvalue weighted by Gasteiger charge is 2.54. The largest absolute Gasteiger partial charge is 0.477 e. The van der Waals surface area contributed by atoms with Gasteiger partial charge in [-0.25, -0.2) is 9.78 Å². The first kappa shape index (κ1) is 19.1. The Bertz CT molecular complexity index is 866. The minimum Gasteiger partial charge on any atom is -0.477 e. The lowest BCUT2D eigenvalue weighted by Gasteiger charge is -2.49. The lowest BCUT2D eigenvalue weighted by Crippen LogP contribution is -2.71. The molecule has 27 heavy (non-hydrogen) atoms. The highest BCUT2D eigenvalue weighted by Crippen LogP contribution is 2.40. The number of nitrogens with zero attached hydrogens (tertiary/aromatic N) is 3. The number of thiazole rings is 1. The van der Waals surface area contributed by atoms with E-state index in [9.17, 15) is 19.5 Å². The molecule has 0 spiro atoms. The van der Waals surface area contributed by atoms with Crippen molar-refractivity contribution in [1.29, 1.82) is 0 Å². The molecule has 3 rings (SSSR count). The van der Waals surface area contributed by atoms with Crippen molar-refractivity contribution >= 4 is 51.7 Å². The molecule has 2 amide bonds. The molecule has 0 bridgehead atoms. The van der Waals surface area contributed by atoms with Gasteiger partial charge in [0.2, 0.25) is 0 Å². The molecule has 0 radical (unpaired) electrons. The van der Waals surface area contributed by atoms with Crippen LogP contribution in [0.4, 0.5) is 5.13 Å². The second kappa shape index (κ2) is 7.54. The number of methoxy groups -OCH3 is 1. The molecule has 1 aromatic heterocycles. The fourth-order valence-electron chi connectivity index (χ4n) is 2.79. The Labute approximate surface area is 160 Å². The molecule has 2 aliphatic heterocycles. The first-order valence-electron chi connectivity index (χ1n) is 7.52. The summed E-state index contributed by atoms with van der Waals surface area (Å²) in [6.45, 7) is 0.0920. The number of nitrogens with two attached hydrogens (primary N) is 1. The number of thioether (sulfide) groups is 1. The number of fused-ring (bicyclic) bond motifs is 1. The maximum absolute atomic E-state index is 12.5. The summed E-state index contributed by atoms with van der Waals surface area (Å²) >= 11 is 2.37. The van der Waals surface area contributed by atoms with E-state index in [1.165, 1.54) is 24.3 Å². The minimum atomic E-state index is -1.24. The lowest BCUT2D eigenvalue weighted by atomic mass is 10.0. The number of hydrogen-bond acceptors (Lipinski definition) is 10. The second-order valence-electron chi connectivity index (χ2n) is 5.57. The quantitative estimate of drug-likeness (QED) is 0.204. The highest BCUT2D eigenvalue weighted by atomic mass is 32.2. The van der Waals surface area contributed by atoms with Gasteiger partial charge in [-0.1, -0.05) is 5.16 Å². The van der Waals surface area contributed by atoms with Gasteiger partial charge in [0.1, 0.15) is 22.8 Å². The van der Waals surface area contributed by atoms with Gasteiger partial charge in [-0.3, -0.25) is 14.5 Å². The molecule has 1 fully saturated rings. The summed E-state index contributed by atoms with van der Waals surface area (Å²) in [5.74, 6) is -2.27. The van der Waals surface area contributed by atoms with Crippen LogP contribution in [-0.2, 0) is 19.1 Å². The number of amides is 2. The number of nitrogen functional groups attached to an aromatic ring is 1. The molecule has 144 valence electrons. The average molecular weight is 413 g/mol. The molecule has 3 heterocycles. The molecule has 2 atom stereocenters. The first-order chi connectivity index (χ1) is 12.9. The van der Waals surface area contributed by atoms with Crippen LogP contribution in [0.15, 0.2) is 21.8 Å². The number of carboxylic acid groups (broad SMARTS) is 1. The molecule has 0 saturated carbocycles.